The van der Waals surface area contributed by atoms with Crippen molar-refractivity contribution in [1.29, 1.82) is 0 Å². The van der Waals surface area contributed by atoms with Crippen molar-refractivity contribution in [2.45, 2.75) is 31.8 Å². The Hall–Kier alpha value is -4.52. The number of carbonyl (C=O) groups is 2. The van der Waals surface area contributed by atoms with Crippen molar-refractivity contribution in [3.05, 3.63) is 102 Å². The average molecular weight is 538 g/mol. The van der Waals surface area contributed by atoms with Gasteiger partial charge in [-0.25, -0.2) is 0 Å². The van der Waals surface area contributed by atoms with Gasteiger partial charge >= 0.3 is 0 Å². The Balaban J connectivity index is 1.35. The molecule has 7 nitrogen and oxygen atoms in total. The Kier molecular flexibility index (Phi) is 8.50. The van der Waals surface area contributed by atoms with Crippen molar-refractivity contribution in [1.82, 2.24) is 14.8 Å². The zero-order chi connectivity index (χ0) is 27.9. The number of aromatic amines is 1. The monoisotopic (exact) mass is 537 g/mol. The minimum atomic E-state index is -0.137. The molecule has 1 aliphatic rings. The van der Waals surface area contributed by atoms with Gasteiger partial charge in [0.15, 0.2) is 11.5 Å². The molecule has 206 valence electrons. The zero-order valence-corrected chi connectivity index (χ0v) is 23.0. The third-order valence-corrected chi connectivity index (χ3v) is 7.29. The van der Waals surface area contributed by atoms with E-state index in [4.69, 9.17) is 9.47 Å². The van der Waals surface area contributed by atoms with Crippen molar-refractivity contribution >= 4 is 28.8 Å². The molecule has 1 aliphatic carbocycles. The number of aromatic nitrogens is 1. The lowest BCUT2D eigenvalue weighted by Crippen LogP contribution is -2.43. The van der Waals surface area contributed by atoms with Gasteiger partial charge in [-0.1, -0.05) is 54.6 Å². The lowest BCUT2D eigenvalue weighted by atomic mass is 10.1. The fraction of sp³-hybridized carbons (Fsp3) is 0.273. The summed E-state index contributed by atoms with van der Waals surface area (Å²) in [4.78, 5) is 33.9. The van der Waals surface area contributed by atoms with Crippen molar-refractivity contribution in [3.63, 3.8) is 0 Å². The van der Waals surface area contributed by atoms with E-state index in [2.05, 4.69) is 11.1 Å². The van der Waals surface area contributed by atoms with Crippen LogP contribution in [0.4, 0.5) is 0 Å². The van der Waals surface area contributed by atoms with Gasteiger partial charge in [0.1, 0.15) is 6.54 Å². The van der Waals surface area contributed by atoms with Gasteiger partial charge in [-0.3, -0.25) is 9.59 Å². The molecule has 0 atom stereocenters. The SMILES string of the molecule is COc1ccc(CN(CCc2c[nH]c3ccccc23)C(=O)CN(C(=O)C=Cc2ccccc2)C2CC2)cc1OC. The van der Waals surface area contributed by atoms with Crippen molar-refractivity contribution in [3.8, 4) is 11.5 Å². The van der Waals surface area contributed by atoms with E-state index in [0.717, 1.165) is 40.4 Å². The minimum Gasteiger partial charge on any atom is -0.493 e. The van der Waals surface area contributed by atoms with Crippen LogP contribution in [-0.2, 0) is 22.6 Å². The molecule has 0 saturated heterocycles. The molecule has 7 heteroatoms. The highest BCUT2D eigenvalue weighted by Gasteiger charge is 2.34. The van der Waals surface area contributed by atoms with Gasteiger partial charge in [0, 0.05) is 42.3 Å². The van der Waals surface area contributed by atoms with Gasteiger partial charge in [-0.15, -0.1) is 0 Å². The van der Waals surface area contributed by atoms with Crippen molar-refractivity contribution in [2.75, 3.05) is 27.3 Å². The molecule has 1 heterocycles. The molecule has 1 N–H and O–H groups in total. The van der Waals surface area contributed by atoms with E-state index >= 15 is 0 Å². The average Bonchev–Trinajstić information content (AvgIpc) is 3.76. The topological polar surface area (TPSA) is 74.9 Å². The number of para-hydroxylation sites is 1. The molecule has 0 radical (unpaired) electrons. The first-order chi connectivity index (χ1) is 19.6. The molecule has 3 aromatic carbocycles. The van der Waals surface area contributed by atoms with E-state index in [1.54, 1.807) is 31.3 Å². The molecule has 0 unspecified atom stereocenters. The summed E-state index contributed by atoms with van der Waals surface area (Å²) < 4.78 is 10.9. The maximum absolute atomic E-state index is 13.8. The van der Waals surface area contributed by atoms with E-state index < -0.39 is 0 Å². The number of benzene rings is 3. The van der Waals surface area contributed by atoms with Gasteiger partial charge in [0.2, 0.25) is 11.8 Å². The van der Waals surface area contributed by atoms with E-state index in [-0.39, 0.29) is 24.4 Å². The highest BCUT2D eigenvalue weighted by Crippen LogP contribution is 2.29. The highest BCUT2D eigenvalue weighted by atomic mass is 16.5. The number of methoxy groups -OCH3 is 2. The van der Waals surface area contributed by atoms with Crippen LogP contribution in [0.25, 0.3) is 17.0 Å². The number of fused-ring (bicyclic) bond motifs is 1. The van der Waals surface area contributed by atoms with Gasteiger partial charge in [-0.2, -0.15) is 0 Å². The molecule has 1 fully saturated rings. The summed E-state index contributed by atoms with van der Waals surface area (Å²) in [6.07, 6.45) is 7.92. The number of carbonyl (C=O) groups excluding carboxylic acids is 2. The smallest absolute Gasteiger partial charge is 0.247 e. The van der Waals surface area contributed by atoms with E-state index in [1.807, 2.05) is 77.8 Å². The number of ether oxygens (including phenoxy) is 2. The molecular weight excluding hydrogens is 502 g/mol. The molecule has 1 saturated carbocycles. The lowest BCUT2D eigenvalue weighted by Gasteiger charge is -2.27. The van der Waals surface area contributed by atoms with Gasteiger partial charge < -0.3 is 24.3 Å². The summed E-state index contributed by atoms with van der Waals surface area (Å²) in [5.74, 6) is 1.04. The van der Waals surface area contributed by atoms with Crippen LogP contribution < -0.4 is 9.47 Å². The van der Waals surface area contributed by atoms with Crippen LogP contribution in [0.1, 0.15) is 29.5 Å². The quantitative estimate of drug-likeness (QED) is 0.244. The fourth-order valence-electron chi connectivity index (χ4n) is 4.93. The summed E-state index contributed by atoms with van der Waals surface area (Å²) in [5, 5.41) is 1.15. The van der Waals surface area contributed by atoms with Crippen LogP contribution in [0.15, 0.2) is 85.1 Å². The second-order valence-electron chi connectivity index (χ2n) is 10.1. The second kappa shape index (κ2) is 12.6. The summed E-state index contributed by atoms with van der Waals surface area (Å²) in [7, 11) is 3.20. The molecule has 0 bridgehead atoms. The van der Waals surface area contributed by atoms with Crippen molar-refractivity contribution < 1.29 is 19.1 Å². The standard InChI is InChI=1S/C33H35N3O4/c1-39-30-16-12-25(20-31(30)40-2)22-35(19-18-26-21-34-29-11-7-6-10-28(26)29)33(38)23-36(27-14-15-27)32(37)17-13-24-8-4-3-5-9-24/h3-13,16-17,20-21,27,34H,14-15,18-19,22-23H2,1-2H3. The summed E-state index contributed by atoms with van der Waals surface area (Å²) in [5.41, 5.74) is 4.11. The van der Waals surface area contributed by atoms with Gasteiger partial charge in [-0.05, 0) is 60.2 Å². The van der Waals surface area contributed by atoms with Crippen molar-refractivity contribution in [2.24, 2.45) is 0 Å². The normalized spacial score (nSPS) is 12.9. The molecule has 0 spiro atoms. The maximum Gasteiger partial charge on any atom is 0.247 e. The fourth-order valence-corrected chi connectivity index (χ4v) is 4.93. The largest absolute Gasteiger partial charge is 0.493 e. The maximum atomic E-state index is 13.8. The number of hydrogen-bond donors (Lipinski definition) is 1. The Morgan fingerprint density at radius 1 is 0.950 bits per heavy atom. The highest BCUT2D eigenvalue weighted by molar-refractivity contribution is 5.95. The first-order valence-corrected chi connectivity index (χ1v) is 13.6. The number of rotatable bonds is 12. The van der Waals surface area contributed by atoms with Crippen LogP contribution in [0.5, 0.6) is 11.5 Å². The van der Waals surface area contributed by atoms with E-state index in [0.29, 0.717) is 31.0 Å². The third kappa shape index (κ3) is 6.54. The predicted molar refractivity (Wildman–Crippen MR) is 157 cm³/mol. The molecule has 2 amide bonds. The molecule has 1 aromatic heterocycles. The van der Waals surface area contributed by atoms with E-state index in [9.17, 15) is 9.59 Å². The molecule has 5 rings (SSSR count). The predicted octanol–water partition coefficient (Wildman–Crippen LogP) is 5.46. The van der Waals surface area contributed by atoms with E-state index in [1.165, 1.54) is 0 Å². The van der Waals surface area contributed by atoms with Crippen LogP contribution in [0, 0.1) is 0 Å². The first-order valence-electron chi connectivity index (χ1n) is 13.6. The lowest BCUT2D eigenvalue weighted by molar-refractivity contribution is -0.139. The number of nitrogens with one attached hydrogen (secondary N) is 1. The minimum absolute atomic E-state index is 0.0454. The molecule has 0 aliphatic heterocycles. The van der Waals surface area contributed by atoms with Crippen LogP contribution in [0.2, 0.25) is 0 Å². The Morgan fingerprint density at radius 3 is 2.45 bits per heavy atom. The summed E-state index contributed by atoms with van der Waals surface area (Å²) in [6.45, 7) is 0.958. The van der Waals surface area contributed by atoms with Crippen LogP contribution in [-0.4, -0.2) is 59.9 Å². The number of hydrogen-bond acceptors (Lipinski definition) is 4. The zero-order valence-electron chi connectivity index (χ0n) is 23.0. The third-order valence-electron chi connectivity index (χ3n) is 7.29. The summed E-state index contributed by atoms with van der Waals surface area (Å²) in [6, 6.07) is 23.7. The van der Waals surface area contributed by atoms with Gasteiger partial charge in [0.05, 0.1) is 14.2 Å². The molecular formula is C33H35N3O4. The Morgan fingerprint density at radius 2 is 1.70 bits per heavy atom. The second-order valence-corrected chi connectivity index (χ2v) is 10.1. The van der Waals surface area contributed by atoms with Crippen LogP contribution in [0.3, 0.4) is 0 Å². The van der Waals surface area contributed by atoms with Gasteiger partial charge in [0.25, 0.3) is 0 Å². The number of H-pyrrole nitrogens is 1. The molecule has 4 aromatic rings. The number of amides is 2. The Labute approximate surface area is 235 Å². The molecule has 40 heavy (non-hydrogen) atoms. The number of nitrogens with zero attached hydrogens (tertiary/aromatic N) is 2. The first kappa shape index (κ1) is 27.1. The Bertz CT molecular complexity index is 1490. The summed E-state index contributed by atoms with van der Waals surface area (Å²) >= 11 is 0. The van der Waals surface area contributed by atoms with Crippen LogP contribution >= 0.6 is 0 Å².